The van der Waals surface area contributed by atoms with Crippen molar-refractivity contribution in [3.8, 4) is 0 Å². The molecule has 1 aliphatic rings. The lowest BCUT2D eigenvalue weighted by molar-refractivity contribution is 0.235. The Hall–Kier alpha value is -2.28. The zero-order valence-corrected chi connectivity index (χ0v) is 10.8. The van der Waals surface area contributed by atoms with E-state index in [4.69, 9.17) is 5.73 Å². The van der Waals surface area contributed by atoms with Gasteiger partial charge in [0.2, 0.25) is 5.95 Å². The number of rotatable bonds is 2. The molecule has 0 radical (unpaired) electrons. The highest BCUT2D eigenvalue weighted by atomic mass is 19.1. The van der Waals surface area contributed by atoms with Crippen LogP contribution in [-0.4, -0.2) is 26.4 Å². The van der Waals surface area contributed by atoms with E-state index in [-0.39, 0.29) is 17.3 Å². The number of aromatic amines is 1. The van der Waals surface area contributed by atoms with Gasteiger partial charge >= 0.3 is 0 Å². The Morgan fingerprint density at radius 1 is 1.50 bits per heavy atom. The quantitative estimate of drug-likeness (QED) is 0.830. The summed E-state index contributed by atoms with van der Waals surface area (Å²) in [5.74, 6) is -0.194. The van der Waals surface area contributed by atoms with Crippen molar-refractivity contribution in [3.05, 3.63) is 51.5 Å². The number of nitrogens with one attached hydrogen (secondary N) is 1. The molecule has 0 saturated heterocycles. The summed E-state index contributed by atoms with van der Waals surface area (Å²) in [6, 6.07) is 2.94. The molecule has 3 rings (SSSR count). The topological polar surface area (TPSA) is 87.9 Å². The minimum Gasteiger partial charge on any atom is -0.369 e. The van der Waals surface area contributed by atoms with Gasteiger partial charge in [0.1, 0.15) is 5.82 Å². The summed E-state index contributed by atoms with van der Waals surface area (Å²) in [4.78, 5) is 24.5. The van der Waals surface area contributed by atoms with Crippen LogP contribution in [0.5, 0.6) is 0 Å². The first kappa shape index (κ1) is 12.7. The Morgan fingerprint density at radius 3 is 3.15 bits per heavy atom. The molecular formula is C13H14FN5O. The van der Waals surface area contributed by atoms with Gasteiger partial charge in [0.15, 0.2) is 0 Å². The third kappa shape index (κ3) is 2.39. The van der Waals surface area contributed by atoms with E-state index in [0.717, 1.165) is 5.69 Å². The molecule has 20 heavy (non-hydrogen) atoms. The second kappa shape index (κ2) is 5.01. The summed E-state index contributed by atoms with van der Waals surface area (Å²) in [7, 11) is 0. The van der Waals surface area contributed by atoms with Crippen molar-refractivity contribution in [1.29, 1.82) is 0 Å². The molecule has 0 unspecified atom stereocenters. The van der Waals surface area contributed by atoms with Crippen molar-refractivity contribution in [2.24, 2.45) is 0 Å². The summed E-state index contributed by atoms with van der Waals surface area (Å²) < 4.78 is 13.6. The van der Waals surface area contributed by atoms with Crippen molar-refractivity contribution < 1.29 is 4.39 Å². The number of anilines is 1. The minimum absolute atomic E-state index is 0.137. The summed E-state index contributed by atoms with van der Waals surface area (Å²) in [6.45, 7) is 1.49. The third-order valence-electron chi connectivity index (χ3n) is 3.37. The maximum atomic E-state index is 13.6. The first-order valence-electron chi connectivity index (χ1n) is 6.33. The van der Waals surface area contributed by atoms with Crippen LogP contribution < -0.4 is 11.3 Å². The minimum atomic E-state index is -0.331. The van der Waals surface area contributed by atoms with Crippen LogP contribution >= 0.6 is 0 Å². The van der Waals surface area contributed by atoms with Crippen LogP contribution in [-0.2, 0) is 19.5 Å². The summed E-state index contributed by atoms with van der Waals surface area (Å²) in [5, 5.41) is 0. The van der Waals surface area contributed by atoms with Crippen molar-refractivity contribution >= 4 is 5.95 Å². The Morgan fingerprint density at radius 2 is 2.35 bits per heavy atom. The zero-order valence-electron chi connectivity index (χ0n) is 10.8. The molecule has 0 atom stereocenters. The number of nitrogens with zero attached hydrogens (tertiary/aromatic N) is 3. The number of nitrogens with two attached hydrogens (primary N) is 1. The largest absolute Gasteiger partial charge is 0.369 e. The lowest BCUT2D eigenvalue weighted by Crippen LogP contribution is -2.36. The van der Waals surface area contributed by atoms with E-state index < -0.39 is 0 Å². The number of nitrogen functional groups attached to an aromatic ring is 1. The molecular weight excluding hydrogens is 261 g/mol. The molecule has 0 aromatic carbocycles. The molecule has 6 nitrogen and oxygen atoms in total. The number of hydrogen-bond acceptors (Lipinski definition) is 5. The average Bonchev–Trinajstić information content (AvgIpc) is 2.42. The highest BCUT2D eigenvalue weighted by molar-refractivity contribution is 5.27. The molecule has 0 amide bonds. The van der Waals surface area contributed by atoms with E-state index in [9.17, 15) is 9.18 Å². The molecule has 0 bridgehead atoms. The number of hydrogen-bond donors (Lipinski definition) is 2. The molecule has 1 aliphatic heterocycles. The molecule has 0 spiro atoms. The summed E-state index contributed by atoms with van der Waals surface area (Å²) in [6.07, 6.45) is 2.18. The monoisotopic (exact) mass is 275 g/mol. The maximum Gasteiger partial charge on any atom is 0.257 e. The Labute approximate surface area is 114 Å². The molecule has 0 saturated carbocycles. The highest BCUT2D eigenvalue weighted by Crippen LogP contribution is 2.16. The van der Waals surface area contributed by atoms with Gasteiger partial charge in [-0.25, -0.2) is 9.37 Å². The molecule has 3 heterocycles. The van der Waals surface area contributed by atoms with Crippen LogP contribution in [0.3, 0.4) is 0 Å². The van der Waals surface area contributed by atoms with E-state index >= 15 is 0 Å². The average molecular weight is 275 g/mol. The first-order valence-corrected chi connectivity index (χ1v) is 6.33. The maximum absolute atomic E-state index is 13.6. The van der Waals surface area contributed by atoms with Gasteiger partial charge in [-0.1, -0.05) is 0 Å². The molecule has 0 fully saturated rings. The fourth-order valence-electron chi connectivity index (χ4n) is 2.38. The summed E-state index contributed by atoms with van der Waals surface area (Å²) in [5.41, 5.74) is 7.01. The number of fused-ring (bicyclic) bond motifs is 1. The van der Waals surface area contributed by atoms with Crippen molar-refractivity contribution in [3.63, 3.8) is 0 Å². The highest BCUT2D eigenvalue weighted by Gasteiger charge is 2.21. The van der Waals surface area contributed by atoms with Gasteiger partial charge in [0, 0.05) is 32.3 Å². The summed E-state index contributed by atoms with van der Waals surface area (Å²) >= 11 is 0. The van der Waals surface area contributed by atoms with Crippen LogP contribution in [0.25, 0.3) is 0 Å². The predicted octanol–water partition coefficient (Wildman–Crippen LogP) is 0.444. The predicted molar refractivity (Wildman–Crippen MR) is 71.3 cm³/mol. The lowest BCUT2D eigenvalue weighted by Gasteiger charge is -2.27. The van der Waals surface area contributed by atoms with Gasteiger partial charge in [-0.3, -0.25) is 19.7 Å². The Balaban J connectivity index is 1.83. The van der Waals surface area contributed by atoms with Crippen LogP contribution in [0.15, 0.2) is 23.1 Å². The second-order valence-corrected chi connectivity index (χ2v) is 4.77. The SMILES string of the molecule is Nc1nc2c(c(=O)[nH]1)CN(Cc1ncccc1F)CC2. The van der Waals surface area contributed by atoms with E-state index in [1.807, 2.05) is 4.90 Å². The molecule has 3 N–H and O–H groups in total. The van der Waals surface area contributed by atoms with Gasteiger partial charge in [0.25, 0.3) is 5.56 Å². The fraction of sp³-hybridized carbons (Fsp3) is 0.308. The number of pyridine rings is 1. The van der Waals surface area contributed by atoms with Crippen molar-refractivity contribution in [2.75, 3.05) is 12.3 Å². The van der Waals surface area contributed by atoms with Crippen LogP contribution in [0, 0.1) is 5.82 Å². The van der Waals surface area contributed by atoms with Crippen molar-refractivity contribution in [2.45, 2.75) is 19.5 Å². The van der Waals surface area contributed by atoms with Gasteiger partial charge < -0.3 is 5.73 Å². The van der Waals surface area contributed by atoms with Crippen LogP contribution in [0.1, 0.15) is 17.0 Å². The van der Waals surface area contributed by atoms with E-state index in [2.05, 4.69) is 15.0 Å². The standard InChI is InChI=1S/C13H14FN5O/c14-9-2-1-4-16-11(9)7-19-5-3-10-8(6-19)12(20)18-13(15)17-10/h1-2,4H,3,5-7H2,(H3,15,17,18,20). The molecule has 0 aliphatic carbocycles. The molecule has 2 aromatic rings. The Bertz CT molecular complexity index is 699. The molecule has 104 valence electrons. The van der Waals surface area contributed by atoms with Gasteiger partial charge in [-0.05, 0) is 12.1 Å². The molecule has 7 heteroatoms. The second-order valence-electron chi connectivity index (χ2n) is 4.77. The van der Waals surface area contributed by atoms with E-state index in [1.54, 1.807) is 12.3 Å². The zero-order chi connectivity index (χ0) is 14.1. The smallest absolute Gasteiger partial charge is 0.257 e. The Kier molecular flexibility index (Phi) is 3.19. The van der Waals surface area contributed by atoms with E-state index in [1.165, 1.54) is 6.07 Å². The lowest BCUT2D eigenvalue weighted by atomic mass is 10.1. The van der Waals surface area contributed by atoms with Crippen LogP contribution in [0.4, 0.5) is 10.3 Å². The normalized spacial score (nSPS) is 15.1. The van der Waals surface area contributed by atoms with Gasteiger partial charge in [-0.2, -0.15) is 0 Å². The number of H-pyrrole nitrogens is 1. The third-order valence-corrected chi connectivity index (χ3v) is 3.37. The van der Waals surface area contributed by atoms with Crippen molar-refractivity contribution in [1.82, 2.24) is 19.9 Å². The number of aromatic nitrogens is 3. The fourth-order valence-corrected chi connectivity index (χ4v) is 2.38. The van der Waals surface area contributed by atoms with Gasteiger partial charge in [-0.15, -0.1) is 0 Å². The van der Waals surface area contributed by atoms with Crippen LogP contribution in [0.2, 0.25) is 0 Å². The molecule has 2 aromatic heterocycles. The van der Waals surface area contributed by atoms with E-state index in [0.29, 0.717) is 37.3 Å². The first-order chi connectivity index (χ1) is 9.63. The number of halogens is 1. The van der Waals surface area contributed by atoms with Gasteiger partial charge in [0.05, 0.1) is 17.0 Å².